The van der Waals surface area contributed by atoms with Crippen molar-refractivity contribution >= 4 is 0 Å². The molecule has 1 atom stereocenters. The molecular weight excluding hydrogens is 165 g/mol. The number of nitrogens with two attached hydrogens (primary N) is 1. The Hall–Kier alpha value is -0.890. The standard InChI is InChI=1S/C11H16FN/c1-8(2)10(7-13)9-5-3-4-6-11(9)12/h3-6,8,10H,7,13H2,1-2H3. The van der Waals surface area contributed by atoms with Crippen LogP contribution in [-0.2, 0) is 0 Å². The van der Waals surface area contributed by atoms with Gasteiger partial charge in [-0.05, 0) is 24.1 Å². The van der Waals surface area contributed by atoms with E-state index < -0.39 is 0 Å². The Morgan fingerprint density at radius 3 is 2.38 bits per heavy atom. The monoisotopic (exact) mass is 181 g/mol. The molecule has 72 valence electrons. The smallest absolute Gasteiger partial charge is 0.126 e. The summed E-state index contributed by atoms with van der Waals surface area (Å²) >= 11 is 0. The third-order valence-corrected chi connectivity index (χ3v) is 2.36. The van der Waals surface area contributed by atoms with Crippen molar-refractivity contribution in [2.45, 2.75) is 19.8 Å². The Bertz CT molecular complexity index is 271. The SMILES string of the molecule is CC(C)C(CN)c1ccccc1F. The second kappa shape index (κ2) is 4.38. The average Bonchev–Trinajstić information content (AvgIpc) is 2.09. The highest BCUT2D eigenvalue weighted by Crippen LogP contribution is 2.25. The molecule has 1 nitrogen and oxygen atoms in total. The van der Waals surface area contributed by atoms with Crippen molar-refractivity contribution in [2.24, 2.45) is 11.7 Å². The number of benzene rings is 1. The second-order valence-corrected chi connectivity index (χ2v) is 3.61. The molecule has 0 saturated heterocycles. The molecule has 0 aromatic heterocycles. The lowest BCUT2D eigenvalue weighted by Gasteiger charge is -2.19. The van der Waals surface area contributed by atoms with Gasteiger partial charge in [0.15, 0.2) is 0 Å². The predicted molar refractivity (Wildman–Crippen MR) is 53.0 cm³/mol. The molecule has 0 radical (unpaired) electrons. The highest BCUT2D eigenvalue weighted by molar-refractivity contribution is 5.22. The van der Waals surface area contributed by atoms with E-state index in [-0.39, 0.29) is 11.7 Å². The second-order valence-electron chi connectivity index (χ2n) is 3.61. The van der Waals surface area contributed by atoms with E-state index in [4.69, 9.17) is 5.73 Å². The topological polar surface area (TPSA) is 26.0 Å². The van der Waals surface area contributed by atoms with E-state index in [9.17, 15) is 4.39 Å². The molecule has 1 unspecified atom stereocenters. The molecule has 0 fully saturated rings. The van der Waals surface area contributed by atoms with Gasteiger partial charge in [0, 0.05) is 5.92 Å². The summed E-state index contributed by atoms with van der Waals surface area (Å²) in [5.41, 5.74) is 6.34. The van der Waals surface area contributed by atoms with Crippen molar-refractivity contribution in [3.05, 3.63) is 35.6 Å². The van der Waals surface area contributed by atoms with Gasteiger partial charge in [-0.1, -0.05) is 32.0 Å². The fourth-order valence-electron chi connectivity index (χ4n) is 1.53. The fourth-order valence-corrected chi connectivity index (χ4v) is 1.53. The summed E-state index contributed by atoms with van der Waals surface area (Å²) in [4.78, 5) is 0. The van der Waals surface area contributed by atoms with E-state index in [1.165, 1.54) is 6.07 Å². The maximum atomic E-state index is 13.3. The van der Waals surface area contributed by atoms with Crippen LogP contribution in [0.25, 0.3) is 0 Å². The molecule has 0 aliphatic carbocycles. The van der Waals surface area contributed by atoms with Crippen LogP contribution in [-0.4, -0.2) is 6.54 Å². The van der Waals surface area contributed by atoms with E-state index in [0.717, 1.165) is 5.56 Å². The van der Waals surface area contributed by atoms with E-state index in [0.29, 0.717) is 12.5 Å². The van der Waals surface area contributed by atoms with Gasteiger partial charge in [-0.3, -0.25) is 0 Å². The first-order chi connectivity index (χ1) is 6.16. The van der Waals surface area contributed by atoms with Crippen LogP contribution in [0.5, 0.6) is 0 Å². The minimum atomic E-state index is -0.147. The number of rotatable bonds is 3. The first-order valence-electron chi connectivity index (χ1n) is 4.61. The van der Waals surface area contributed by atoms with Crippen LogP contribution in [0.2, 0.25) is 0 Å². The molecule has 0 aliphatic rings. The first-order valence-corrected chi connectivity index (χ1v) is 4.61. The van der Waals surface area contributed by atoms with Gasteiger partial charge in [0.25, 0.3) is 0 Å². The number of halogens is 1. The molecule has 0 aliphatic heterocycles. The van der Waals surface area contributed by atoms with Crippen LogP contribution in [0.1, 0.15) is 25.3 Å². The van der Waals surface area contributed by atoms with Gasteiger partial charge in [-0.2, -0.15) is 0 Å². The lowest BCUT2D eigenvalue weighted by Crippen LogP contribution is -2.18. The molecule has 1 aromatic carbocycles. The maximum Gasteiger partial charge on any atom is 0.126 e. The average molecular weight is 181 g/mol. The highest BCUT2D eigenvalue weighted by atomic mass is 19.1. The normalized spacial score (nSPS) is 13.3. The van der Waals surface area contributed by atoms with E-state index in [2.05, 4.69) is 13.8 Å². The van der Waals surface area contributed by atoms with Crippen molar-refractivity contribution in [3.8, 4) is 0 Å². The zero-order chi connectivity index (χ0) is 9.84. The zero-order valence-corrected chi connectivity index (χ0v) is 8.13. The minimum absolute atomic E-state index is 0.126. The molecule has 0 bridgehead atoms. The van der Waals surface area contributed by atoms with Gasteiger partial charge in [0.05, 0.1) is 0 Å². The van der Waals surface area contributed by atoms with Crippen LogP contribution in [0.15, 0.2) is 24.3 Å². The largest absolute Gasteiger partial charge is 0.330 e. The predicted octanol–water partition coefficient (Wildman–Crippen LogP) is 2.52. The molecule has 13 heavy (non-hydrogen) atoms. The lowest BCUT2D eigenvalue weighted by molar-refractivity contribution is 0.479. The van der Waals surface area contributed by atoms with Gasteiger partial charge in [-0.15, -0.1) is 0 Å². The molecule has 0 saturated carbocycles. The third-order valence-electron chi connectivity index (χ3n) is 2.36. The van der Waals surface area contributed by atoms with Gasteiger partial charge in [0.1, 0.15) is 5.82 Å². The van der Waals surface area contributed by atoms with Gasteiger partial charge < -0.3 is 5.73 Å². The zero-order valence-electron chi connectivity index (χ0n) is 8.13. The van der Waals surface area contributed by atoms with Crippen molar-refractivity contribution in [1.29, 1.82) is 0 Å². The Morgan fingerprint density at radius 1 is 1.31 bits per heavy atom. The van der Waals surface area contributed by atoms with Crippen LogP contribution in [0.3, 0.4) is 0 Å². The van der Waals surface area contributed by atoms with E-state index in [1.54, 1.807) is 6.07 Å². The van der Waals surface area contributed by atoms with Gasteiger partial charge in [-0.25, -0.2) is 4.39 Å². The van der Waals surface area contributed by atoms with Crippen molar-refractivity contribution < 1.29 is 4.39 Å². The summed E-state index contributed by atoms with van der Waals surface area (Å²) < 4.78 is 13.3. The molecular formula is C11H16FN. The summed E-state index contributed by atoms with van der Waals surface area (Å²) in [5.74, 6) is 0.356. The van der Waals surface area contributed by atoms with Crippen LogP contribution >= 0.6 is 0 Å². The summed E-state index contributed by atoms with van der Waals surface area (Å²) in [6.45, 7) is 4.62. The summed E-state index contributed by atoms with van der Waals surface area (Å²) in [6.07, 6.45) is 0. The van der Waals surface area contributed by atoms with E-state index in [1.807, 2.05) is 12.1 Å². The van der Waals surface area contributed by atoms with Crippen LogP contribution < -0.4 is 5.73 Å². The molecule has 2 heteroatoms. The summed E-state index contributed by atoms with van der Waals surface area (Å²) in [6, 6.07) is 6.85. The van der Waals surface area contributed by atoms with Crippen molar-refractivity contribution in [3.63, 3.8) is 0 Å². The third kappa shape index (κ3) is 2.28. The Balaban J connectivity index is 2.97. The summed E-state index contributed by atoms with van der Waals surface area (Å²) in [7, 11) is 0. The quantitative estimate of drug-likeness (QED) is 0.761. The molecule has 0 spiro atoms. The minimum Gasteiger partial charge on any atom is -0.330 e. The Kier molecular flexibility index (Phi) is 3.43. The van der Waals surface area contributed by atoms with Crippen molar-refractivity contribution in [1.82, 2.24) is 0 Å². The first kappa shape index (κ1) is 10.2. The molecule has 1 aromatic rings. The Morgan fingerprint density at radius 2 is 1.92 bits per heavy atom. The molecule has 0 heterocycles. The maximum absolute atomic E-state index is 13.3. The van der Waals surface area contributed by atoms with E-state index >= 15 is 0 Å². The van der Waals surface area contributed by atoms with Crippen LogP contribution in [0, 0.1) is 11.7 Å². The number of hydrogen-bond donors (Lipinski definition) is 1. The fraction of sp³-hybridized carbons (Fsp3) is 0.455. The highest BCUT2D eigenvalue weighted by Gasteiger charge is 2.16. The van der Waals surface area contributed by atoms with Crippen LogP contribution in [0.4, 0.5) is 4.39 Å². The van der Waals surface area contributed by atoms with Gasteiger partial charge in [0.2, 0.25) is 0 Å². The van der Waals surface area contributed by atoms with Crippen molar-refractivity contribution in [2.75, 3.05) is 6.54 Å². The number of hydrogen-bond acceptors (Lipinski definition) is 1. The Labute approximate surface area is 78.8 Å². The lowest BCUT2D eigenvalue weighted by atomic mass is 9.88. The van der Waals surface area contributed by atoms with Gasteiger partial charge >= 0.3 is 0 Å². The molecule has 2 N–H and O–H groups in total. The molecule has 1 rings (SSSR count). The molecule has 0 amide bonds. The summed E-state index contributed by atoms with van der Waals surface area (Å²) in [5, 5.41) is 0.